The first-order chi connectivity index (χ1) is 17.4. The number of esters is 1. The maximum Gasteiger partial charge on any atom is 0.308 e. The number of benzene rings is 1. The molecule has 3 aromatic rings. The molecule has 0 spiro atoms. The number of hydrogen-bond acceptors (Lipinski definition) is 12. The van der Waals surface area contributed by atoms with Crippen molar-refractivity contribution in [1.82, 2.24) is 35.6 Å². The van der Waals surface area contributed by atoms with Crippen molar-refractivity contribution in [3.63, 3.8) is 0 Å². The summed E-state index contributed by atoms with van der Waals surface area (Å²) in [5, 5.41) is 19.5. The minimum absolute atomic E-state index is 0.0226. The van der Waals surface area contributed by atoms with Crippen LogP contribution in [0, 0.1) is 5.92 Å². The number of likely N-dealkylation sites (tertiary alicyclic amines) is 1. The molecule has 0 atom stereocenters. The van der Waals surface area contributed by atoms with Gasteiger partial charge in [-0.25, -0.2) is 10.1 Å². The number of ether oxygens (including phenoxy) is 2. The Hall–Kier alpha value is -4.33. The Kier molecular flexibility index (Phi) is 7.53. The van der Waals surface area contributed by atoms with Crippen molar-refractivity contribution in [2.45, 2.75) is 33.2 Å². The molecule has 0 radical (unpaired) electrons. The largest absolute Gasteiger partial charge is 0.493 e. The third kappa shape index (κ3) is 5.49. The van der Waals surface area contributed by atoms with Gasteiger partial charge in [0.15, 0.2) is 17.2 Å². The molecule has 14 nitrogen and oxygen atoms in total. The lowest BCUT2D eigenvalue weighted by atomic mass is 9.99. The number of methoxy groups -OCH3 is 1. The molecule has 190 valence electrons. The van der Waals surface area contributed by atoms with Crippen LogP contribution in [0.4, 0.5) is 5.82 Å². The minimum atomic E-state index is -0.593. The summed E-state index contributed by atoms with van der Waals surface area (Å²) < 4.78 is 16.5. The van der Waals surface area contributed by atoms with Crippen LogP contribution >= 0.6 is 0 Å². The Morgan fingerprint density at radius 3 is 2.75 bits per heavy atom. The number of anilines is 1. The smallest absolute Gasteiger partial charge is 0.308 e. The summed E-state index contributed by atoms with van der Waals surface area (Å²) in [6.45, 7) is 5.63. The lowest BCUT2D eigenvalue weighted by Gasteiger charge is -2.30. The van der Waals surface area contributed by atoms with E-state index in [2.05, 4.69) is 43.0 Å². The van der Waals surface area contributed by atoms with Gasteiger partial charge < -0.3 is 15.2 Å². The van der Waals surface area contributed by atoms with Gasteiger partial charge in [-0.05, 0) is 54.3 Å². The van der Waals surface area contributed by atoms with Gasteiger partial charge in [-0.1, -0.05) is 18.2 Å². The van der Waals surface area contributed by atoms with Crippen LogP contribution in [0.3, 0.4) is 0 Å². The van der Waals surface area contributed by atoms with E-state index in [-0.39, 0.29) is 23.1 Å². The van der Waals surface area contributed by atoms with E-state index in [0.717, 1.165) is 25.9 Å². The molecule has 1 saturated heterocycles. The van der Waals surface area contributed by atoms with Crippen LogP contribution in [0.25, 0.3) is 5.82 Å². The number of carbonyl (C=O) groups excluding carboxylic acids is 2. The van der Waals surface area contributed by atoms with Crippen molar-refractivity contribution in [2.24, 2.45) is 11.0 Å². The number of aromatic nitrogens is 5. The standard InChI is InChI=1S/C22H27N9O5/c1-13-7-9-30(10-8-13)12-16-18(25-29-31(16)21-20(23)27-36-28-21)22(33)26-24-11-15-5-4-6-17(34-3)19(15)35-14(2)32/h4-6,11,13H,7-10,12H2,1-3H3,(H2,23,27)(H,26,33)/b24-11+. The topological polar surface area (TPSA) is 176 Å². The summed E-state index contributed by atoms with van der Waals surface area (Å²) in [6.07, 6.45) is 3.44. The van der Waals surface area contributed by atoms with Crippen molar-refractivity contribution in [2.75, 3.05) is 25.9 Å². The second kappa shape index (κ2) is 10.9. The van der Waals surface area contributed by atoms with E-state index in [9.17, 15) is 9.59 Å². The average Bonchev–Trinajstić information content (AvgIpc) is 3.46. The summed E-state index contributed by atoms with van der Waals surface area (Å²) in [6, 6.07) is 5.01. The third-order valence-electron chi connectivity index (χ3n) is 5.77. The zero-order chi connectivity index (χ0) is 25.7. The molecule has 36 heavy (non-hydrogen) atoms. The highest BCUT2D eigenvalue weighted by Gasteiger charge is 2.27. The summed E-state index contributed by atoms with van der Waals surface area (Å²) in [5.41, 5.74) is 9.26. The van der Waals surface area contributed by atoms with Crippen LogP contribution in [0.15, 0.2) is 27.9 Å². The predicted octanol–water partition coefficient (Wildman–Crippen LogP) is 1.16. The molecule has 1 aliphatic rings. The molecule has 1 aromatic carbocycles. The molecule has 14 heteroatoms. The van der Waals surface area contributed by atoms with Crippen LogP contribution in [0.2, 0.25) is 0 Å². The van der Waals surface area contributed by atoms with Crippen LogP contribution in [-0.2, 0) is 11.3 Å². The van der Waals surface area contributed by atoms with Gasteiger partial charge in [0.05, 0.1) is 19.0 Å². The number of nitrogen functional groups attached to an aromatic ring is 1. The van der Waals surface area contributed by atoms with E-state index in [1.165, 1.54) is 24.9 Å². The third-order valence-corrected chi connectivity index (χ3v) is 5.77. The lowest BCUT2D eigenvalue weighted by Crippen LogP contribution is -2.34. The second-order valence-electron chi connectivity index (χ2n) is 8.40. The molecular weight excluding hydrogens is 470 g/mol. The molecular formula is C22H27N9O5. The normalized spacial score (nSPS) is 14.8. The molecule has 1 aliphatic heterocycles. The Morgan fingerprint density at radius 2 is 2.08 bits per heavy atom. The first-order valence-electron chi connectivity index (χ1n) is 11.3. The Balaban J connectivity index is 1.57. The van der Waals surface area contributed by atoms with Gasteiger partial charge in [0.25, 0.3) is 5.91 Å². The number of amides is 1. The first kappa shape index (κ1) is 24.8. The van der Waals surface area contributed by atoms with Crippen molar-refractivity contribution < 1.29 is 23.7 Å². The number of carbonyl (C=O) groups is 2. The number of para-hydroxylation sites is 1. The number of piperidine rings is 1. The fourth-order valence-corrected chi connectivity index (χ4v) is 3.82. The lowest BCUT2D eigenvalue weighted by molar-refractivity contribution is -0.132. The molecule has 0 aliphatic carbocycles. The van der Waals surface area contributed by atoms with Gasteiger partial charge in [0.2, 0.25) is 11.6 Å². The highest BCUT2D eigenvalue weighted by atomic mass is 16.6. The highest BCUT2D eigenvalue weighted by Crippen LogP contribution is 2.30. The Morgan fingerprint density at radius 1 is 1.31 bits per heavy atom. The van der Waals surface area contributed by atoms with Gasteiger partial charge >= 0.3 is 5.97 Å². The van der Waals surface area contributed by atoms with E-state index < -0.39 is 11.9 Å². The fourth-order valence-electron chi connectivity index (χ4n) is 3.82. The maximum atomic E-state index is 13.0. The fraction of sp³-hybridized carbons (Fsp3) is 0.409. The summed E-state index contributed by atoms with van der Waals surface area (Å²) in [5.74, 6) is 0.233. The van der Waals surface area contributed by atoms with E-state index in [0.29, 0.717) is 29.5 Å². The number of nitrogens with two attached hydrogens (primary N) is 1. The molecule has 2 aromatic heterocycles. The SMILES string of the molecule is COc1cccc(/C=N/NC(=O)c2nnn(-c3nonc3N)c2CN2CCC(C)CC2)c1OC(C)=O. The Bertz CT molecular complexity index is 1260. The second-order valence-corrected chi connectivity index (χ2v) is 8.40. The zero-order valence-corrected chi connectivity index (χ0v) is 20.2. The van der Waals surface area contributed by atoms with Gasteiger partial charge in [-0.15, -0.1) is 5.10 Å². The van der Waals surface area contributed by atoms with E-state index in [4.69, 9.17) is 19.8 Å². The van der Waals surface area contributed by atoms with Gasteiger partial charge in [-0.3, -0.25) is 14.5 Å². The molecule has 4 rings (SSSR count). The quantitative estimate of drug-likeness (QED) is 0.198. The van der Waals surface area contributed by atoms with Crippen LogP contribution < -0.4 is 20.6 Å². The molecule has 0 unspecified atom stereocenters. The van der Waals surface area contributed by atoms with Gasteiger partial charge in [-0.2, -0.15) is 9.78 Å². The minimum Gasteiger partial charge on any atom is -0.493 e. The van der Waals surface area contributed by atoms with Gasteiger partial charge in [0, 0.05) is 19.0 Å². The summed E-state index contributed by atoms with van der Waals surface area (Å²) in [7, 11) is 1.45. The average molecular weight is 498 g/mol. The number of nitrogens with one attached hydrogen (secondary N) is 1. The molecule has 1 fully saturated rings. The van der Waals surface area contributed by atoms with Crippen molar-refractivity contribution in [3.05, 3.63) is 35.2 Å². The van der Waals surface area contributed by atoms with E-state index in [1.807, 2.05) is 0 Å². The number of rotatable bonds is 8. The summed E-state index contributed by atoms with van der Waals surface area (Å²) >= 11 is 0. The molecule has 3 N–H and O–H groups in total. The highest BCUT2D eigenvalue weighted by molar-refractivity contribution is 5.94. The van der Waals surface area contributed by atoms with Crippen LogP contribution in [-0.4, -0.2) is 68.5 Å². The summed E-state index contributed by atoms with van der Waals surface area (Å²) in [4.78, 5) is 26.8. The van der Waals surface area contributed by atoms with E-state index in [1.54, 1.807) is 18.2 Å². The Labute approximate surface area is 206 Å². The first-order valence-corrected chi connectivity index (χ1v) is 11.3. The van der Waals surface area contributed by atoms with Crippen molar-refractivity contribution in [3.8, 4) is 17.3 Å². The van der Waals surface area contributed by atoms with E-state index >= 15 is 0 Å². The molecule has 0 bridgehead atoms. The predicted molar refractivity (Wildman–Crippen MR) is 127 cm³/mol. The number of hydrazone groups is 1. The maximum absolute atomic E-state index is 13.0. The number of nitrogens with zero attached hydrogens (tertiary/aromatic N) is 7. The van der Waals surface area contributed by atoms with Crippen LogP contribution in [0.5, 0.6) is 11.5 Å². The zero-order valence-electron chi connectivity index (χ0n) is 20.2. The molecule has 3 heterocycles. The van der Waals surface area contributed by atoms with Crippen molar-refractivity contribution >= 4 is 23.9 Å². The molecule has 1 amide bonds. The monoisotopic (exact) mass is 497 g/mol. The number of hydrogen-bond donors (Lipinski definition) is 2. The van der Waals surface area contributed by atoms with Crippen LogP contribution in [0.1, 0.15) is 48.4 Å². The molecule has 0 saturated carbocycles. The van der Waals surface area contributed by atoms with Crippen molar-refractivity contribution in [1.29, 1.82) is 0 Å². The van der Waals surface area contributed by atoms with Gasteiger partial charge in [0.1, 0.15) is 0 Å².